The maximum atomic E-state index is 12.8. The topological polar surface area (TPSA) is 96.6 Å². The molecule has 0 aliphatic heterocycles. The van der Waals surface area contributed by atoms with Crippen molar-refractivity contribution >= 4 is 11.0 Å². The summed E-state index contributed by atoms with van der Waals surface area (Å²) in [7, 11) is 4.43. The second kappa shape index (κ2) is 8.64. The second-order valence-electron chi connectivity index (χ2n) is 5.76. The summed E-state index contributed by atoms with van der Waals surface area (Å²) in [6.07, 6.45) is 0. The molecule has 1 aromatic heterocycles. The van der Waals surface area contributed by atoms with Crippen LogP contribution in [0.5, 0.6) is 23.0 Å². The van der Waals surface area contributed by atoms with E-state index in [-0.39, 0.29) is 47.2 Å². The van der Waals surface area contributed by atoms with Crippen molar-refractivity contribution in [2.45, 2.75) is 0 Å². The fourth-order valence-electron chi connectivity index (χ4n) is 2.66. The van der Waals surface area contributed by atoms with Crippen molar-refractivity contribution in [1.29, 1.82) is 0 Å². The van der Waals surface area contributed by atoms with Gasteiger partial charge >= 0.3 is 0 Å². The van der Waals surface area contributed by atoms with Crippen LogP contribution in [0.3, 0.4) is 0 Å². The molecule has 8 nitrogen and oxygen atoms in total. The molecule has 1 N–H and O–H groups in total. The van der Waals surface area contributed by atoms with Crippen LogP contribution in [0.2, 0.25) is 0 Å². The lowest BCUT2D eigenvalue weighted by Gasteiger charge is -2.12. The lowest BCUT2D eigenvalue weighted by molar-refractivity contribution is 0.0467. The predicted molar refractivity (Wildman–Crippen MR) is 101 cm³/mol. The van der Waals surface area contributed by atoms with Gasteiger partial charge in [0, 0.05) is 38.0 Å². The number of fused-ring (bicyclic) bond motifs is 1. The number of aromatic hydroxyl groups is 1. The van der Waals surface area contributed by atoms with Gasteiger partial charge in [0.1, 0.15) is 28.2 Å². The number of phenols is 1. The predicted octanol–water partition coefficient (Wildman–Crippen LogP) is 3.14. The summed E-state index contributed by atoms with van der Waals surface area (Å²) < 4.78 is 31.7. The Morgan fingerprint density at radius 1 is 0.929 bits per heavy atom. The number of phenolic OH excluding ortho intramolecular Hbond substituents is 1. The molecule has 0 amide bonds. The highest BCUT2D eigenvalue weighted by molar-refractivity contribution is 5.86. The molecule has 8 heteroatoms. The number of benzene rings is 2. The molecule has 3 rings (SSSR count). The third-order valence-electron chi connectivity index (χ3n) is 3.91. The third-order valence-corrected chi connectivity index (χ3v) is 3.91. The van der Waals surface area contributed by atoms with E-state index >= 15 is 0 Å². The molecule has 0 spiro atoms. The molecule has 0 saturated carbocycles. The van der Waals surface area contributed by atoms with Crippen molar-refractivity contribution in [3.8, 4) is 34.3 Å². The molecule has 0 atom stereocenters. The molecule has 0 unspecified atom stereocenters. The van der Waals surface area contributed by atoms with Crippen LogP contribution in [0, 0.1) is 0 Å². The van der Waals surface area contributed by atoms with Crippen LogP contribution in [0.15, 0.2) is 45.6 Å². The van der Waals surface area contributed by atoms with Gasteiger partial charge in [-0.2, -0.15) is 0 Å². The zero-order valence-electron chi connectivity index (χ0n) is 15.7. The normalized spacial score (nSPS) is 10.8. The second-order valence-corrected chi connectivity index (χ2v) is 5.76. The third kappa shape index (κ3) is 4.03. The molecular formula is C20H20O8. The monoisotopic (exact) mass is 388 g/mol. The molecule has 0 aliphatic rings. The van der Waals surface area contributed by atoms with Gasteiger partial charge in [-0.15, -0.1) is 0 Å². The Morgan fingerprint density at radius 3 is 2.36 bits per heavy atom. The summed E-state index contributed by atoms with van der Waals surface area (Å²) in [5.41, 5.74) is 0.466. The van der Waals surface area contributed by atoms with Gasteiger partial charge < -0.3 is 33.2 Å². The Hall–Kier alpha value is -3.23. The van der Waals surface area contributed by atoms with Crippen molar-refractivity contribution in [3.05, 3.63) is 46.6 Å². The van der Waals surface area contributed by atoms with Crippen LogP contribution in [0.4, 0.5) is 0 Å². The number of methoxy groups -OCH3 is 3. The average molecular weight is 388 g/mol. The quantitative estimate of drug-likeness (QED) is 0.588. The minimum atomic E-state index is -0.309. The fraction of sp³-hybridized carbons (Fsp3) is 0.250. The van der Waals surface area contributed by atoms with Crippen LogP contribution in [-0.4, -0.2) is 40.0 Å². The Morgan fingerprint density at radius 2 is 1.68 bits per heavy atom. The van der Waals surface area contributed by atoms with Gasteiger partial charge in [-0.3, -0.25) is 4.79 Å². The highest BCUT2D eigenvalue weighted by atomic mass is 16.7. The number of hydrogen-bond donors (Lipinski definition) is 1. The van der Waals surface area contributed by atoms with Gasteiger partial charge in [-0.05, 0) is 18.2 Å². The van der Waals surface area contributed by atoms with E-state index in [4.69, 9.17) is 28.1 Å². The first-order chi connectivity index (χ1) is 13.6. The molecule has 28 heavy (non-hydrogen) atoms. The van der Waals surface area contributed by atoms with Gasteiger partial charge in [-0.1, -0.05) is 0 Å². The van der Waals surface area contributed by atoms with Crippen molar-refractivity contribution in [2.24, 2.45) is 0 Å². The van der Waals surface area contributed by atoms with Gasteiger partial charge in [0.25, 0.3) is 0 Å². The Bertz CT molecular complexity index is 1020. The first kappa shape index (κ1) is 19.5. The van der Waals surface area contributed by atoms with Crippen LogP contribution in [0.25, 0.3) is 22.3 Å². The first-order valence-electron chi connectivity index (χ1n) is 8.30. The highest BCUT2D eigenvalue weighted by Gasteiger charge is 2.15. The molecule has 0 fully saturated rings. The van der Waals surface area contributed by atoms with Crippen LogP contribution < -0.4 is 19.6 Å². The molecule has 0 aliphatic carbocycles. The Balaban J connectivity index is 2.14. The number of rotatable bonds is 8. The van der Waals surface area contributed by atoms with Crippen molar-refractivity contribution in [1.82, 2.24) is 0 Å². The largest absolute Gasteiger partial charge is 0.504 e. The van der Waals surface area contributed by atoms with Gasteiger partial charge in [0.05, 0.1) is 7.11 Å². The van der Waals surface area contributed by atoms with E-state index in [1.54, 1.807) is 24.3 Å². The summed E-state index contributed by atoms with van der Waals surface area (Å²) in [5.74, 6) is 1.19. The van der Waals surface area contributed by atoms with Crippen LogP contribution in [-0.2, 0) is 9.47 Å². The lowest BCUT2D eigenvalue weighted by Crippen LogP contribution is -2.07. The van der Waals surface area contributed by atoms with Gasteiger partial charge in [0.2, 0.25) is 0 Å². The van der Waals surface area contributed by atoms with E-state index in [9.17, 15) is 9.90 Å². The van der Waals surface area contributed by atoms with E-state index in [1.165, 1.54) is 33.5 Å². The molecule has 0 saturated heterocycles. The first-order valence-corrected chi connectivity index (χ1v) is 8.30. The highest BCUT2D eigenvalue weighted by Crippen LogP contribution is 2.34. The lowest BCUT2D eigenvalue weighted by atomic mass is 10.1. The average Bonchev–Trinajstić information content (AvgIpc) is 2.69. The molecule has 2 aromatic carbocycles. The minimum absolute atomic E-state index is 0.0193. The SMILES string of the molecule is COCOc1cc(OCOC)c2c(=O)cc(-c3ccc(OC)c(O)c3)oc2c1. The number of ether oxygens (including phenoxy) is 5. The smallest absolute Gasteiger partial charge is 0.197 e. The fourth-order valence-corrected chi connectivity index (χ4v) is 2.66. The zero-order chi connectivity index (χ0) is 20.1. The summed E-state index contributed by atoms with van der Waals surface area (Å²) in [6, 6.07) is 9.18. The van der Waals surface area contributed by atoms with E-state index < -0.39 is 0 Å². The molecular weight excluding hydrogens is 368 g/mol. The van der Waals surface area contributed by atoms with E-state index in [1.807, 2.05) is 0 Å². The van der Waals surface area contributed by atoms with E-state index in [2.05, 4.69) is 0 Å². The minimum Gasteiger partial charge on any atom is -0.504 e. The standard InChI is InChI=1S/C20H20O8/c1-23-10-26-13-7-18(27-11-24-2)20-15(22)9-17(28-19(20)8-13)12-4-5-16(25-3)14(21)6-12/h4-9,21H,10-11H2,1-3H3. The van der Waals surface area contributed by atoms with Crippen molar-refractivity contribution in [3.63, 3.8) is 0 Å². The van der Waals surface area contributed by atoms with Crippen molar-refractivity contribution < 1.29 is 33.2 Å². The van der Waals surface area contributed by atoms with Crippen molar-refractivity contribution in [2.75, 3.05) is 34.9 Å². The molecule has 1 heterocycles. The number of hydrogen-bond acceptors (Lipinski definition) is 8. The Labute approximate surface area is 160 Å². The van der Waals surface area contributed by atoms with E-state index in [0.717, 1.165) is 0 Å². The summed E-state index contributed by atoms with van der Waals surface area (Å²) in [4.78, 5) is 12.8. The van der Waals surface area contributed by atoms with Crippen LogP contribution in [0.1, 0.15) is 0 Å². The molecule has 0 radical (unpaired) electrons. The maximum absolute atomic E-state index is 12.8. The summed E-state index contributed by atoms with van der Waals surface area (Å²) in [5, 5.41) is 10.3. The summed E-state index contributed by atoms with van der Waals surface area (Å²) >= 11 is 0. The molecule has 0 bridgehead atoms. The Kier molecular flexibility index (Phi) is 6.03. The molecule has 148 valence electrons. The maximum Gasteiger partial charge on any atom is 0.197 e. The summed E-state index contributed by atoms with van der Waals surface area (Å²) in [6.45, 7) is -0.0259. The molecule has 3 aromatic rings. The zero-order valence-corrected chi connectivity index (χ0v) is 15.7. The van der Waals surface area contributed by atoms with Crippen LogP contribution >= 0.6 is 0 Å². The van der Waals surface area contributed by atoms with E-state index in [0.29, 0.717) is 17.1 Å². The van der Waals surface area contributed by atoms with Gasteiger partial charge in [0.15, 0.2) is 30.5 Å². The van der Waals surface area contributed by atoms with Gasteiger partial charge in [-0.25, -0.2) is 0 Å².